The molecule has 4 nitrogen and oxygen atoms in total. The van der Waals surface area contributed by atoms with Gasteiger partial charge in [0.05, 0.1) is 6.26 Å². The number of benzene rings is 1. The molecule has 1 aromatic heterocycles. The molecule has 1 atom stereocenters. The second-order valence-electron chi connectivity index (χ2n) is 5.69. The minimum Gasteiger partial charge on any atom is -0.305 e. The van der Waals surface area contributed by atoms with Crippen molar-refractivity contribution in [2.75, 3.05) is 6.26 Å². The van der Waals surface area contributed by atoms with Crippen LogP contribution in [0.5, 0.6) is 0 Å². The zero-order valence-corrected chi connectivity index (χ0v) is 12.9. The highest BCUT2D eigenvalue weighted by Crippen LogP contribution is 2.35. The minimum absolute atomic E-state index is 0.168. The van der Waals surface area contributed by atoms with E-state index in [1.54, 1.807) is 6.20 Å². The maximum Gasteiger partial charge on any atom is 0.235 e. The van der Waals surface area contributed by atoms with E-state index in [4.69, 9.17) is 5.41 Å². The normalized spacial score (nSPS) is 18.6. The van der Waals surface area contributed by atoms with Crippen LogP contribution < -0.4 is 0 Å². The van der Waals surface area contributed by atoms with Crippen molar-refractivity contribution in [1.29, 1.82) is 5.41 Å². The summed E-state index contributed by atoms with van der Waals surface area (Å²) in [7, 11) is -3.33. The van der Waals surface area contributed by atoms with Crippen molar-refractivity contribution < 1.29 is 8.42 Å². The minimum atomic E-state index is -3.33. The maximum absolute atomic E-state index is 12.0. The number of hydrogen-bond acceptors (Lipinski definition) is 3. The Morgan fingerprint density at radius 3 is 2.48 bits per heavy atom. The average molecular weight is 302 g/mol. The van der Waals surface area contributed by atoms with Gasteiger partial charge in [0.15, 0.2) is 0 Å². The summed E-state index contributed by atoms with van der Waals surface area (Å²) < 4.78 is 25.3. The fourth-order valence-corrected chi connectivity index (χ4v) is 4.09. The van der Waals surface area contributed by atoms with Gasteiger partial charge in [-0.15, -0.1) is 0 Å². The van der Waals surface area contributed by atoms with E-state index in [1.807, 2.05) is 37.3 Å². The van der Waals surface area contributed by atoms with Crippen molar-refractivity contribution in [2.45, 2.75) is 25.7 Å². The van der Waals surface area contributed by atoms with E-state index in [2.05, 4.69) is 0 Å². The molecule has 0 saturated heterocycles. The summed E-state index contributed by atoms with van der Waals surface area (Å²) in [6, 6.07) is 10.0. The third kappa shape index (κ3) is 2.42. The van der Waals surface area contributed by atoms with Gasteiger partial charge < -0.3 is 5.41 Å². The fraction of sp³-hybridized carbons (Fsp3) is 0.312. The summed E-state index contributed by atoms with van der Waals surface area (Å²) in [4.78, 5) is 0. The molecule has 2 aromatic rings. The first-order valence-electron chi connectivity index (χ1n) is 6.92. The van der Waals surface area contributed by atoms with Gasteiger partial charge in [-0.25, -0.2) is 12.4 Å². The first-order valence-corrected chi connectivity index (χ1v) is 8.77. The highest BCUT2D eigenvalue weighted by molar-refractivity contribution is 7.89. The predicted octanol–water partition coefficient (Wildman–Crippen LogP) is 2.70. The Balaban J connectivity index is 2.11. The molecule has 1 aliphatic carbocycles. The van der Waals surface area contributed by atoms with E-state index in [1.165, 1.54) is 10.2 Å². The van der Waals surface area contributed by atoms with Gasteiger partial charge in [-0.1, -0.05) is 30.3 Å². The van der Waals surface area contributed by atoms with E-state index in [-0.39, 0.29) is 5.92 Å². The summed E-state index contributed by atoms with van der Waals surface area (Å²) in [6.07, 6.45) is 4.17. The molecule has 1 unspecified atom stereocenters. The molecule has 3 rings (SSSR count). The molecule has 0 aliphatic heterocycles. The number of hydrogen-bond donors (Lipinski definition) is 1. The van der Waals surface area contributed by atoms with Crippen LogP contribution in [-0.4, -0.2) is 24.4 Å². The third-order valence-corrected chi connectivity index (χ3v) is 5.12. The zero-order chi connectivity index (χ0) is 15.2. The molecule has 1 N–H and O–H groups in total. The van der Waals surface area contributed by atoms with Gasteiger partial charge in [0.2, 0.25) is 10.0 Å². The first-order chi connectivity index (χ1) is 9.88. The van der Waals surface area contributed by atoms with Crippen LogP contribution in [0.25, 0.3) is 0 Å². The molecular formula is C16H18N2O2S. The van der Waals surface area contributed by atoms with Crippen molar-refractivity contribution >= 4 is 15.7 Å². The summed E-state index contributed by atoms with van der Waals surface area (Å²) in [5.41, 5.74) is 4.12. The summed E-state index contributed by atoms with van der Waals surface area (Å²) in [5, 5.41) is 8.30. The van der Waals surface area contributed by atoms with Crippen LogP contribution in [0.3, 0.4) is 0 Å². The lowest BCUT2D eigenvalue weighted by molar-refractivity contribution is 0.587. The van der Waals surface area contributed by atoms with Crippen molar-refractivity contribution in [2.24, 2.45) is 0 Å². The Hall–Kier alpha value is -1.88. The monoisotopic (exact) mass is 302 g/mol. The van der Waals surface area contributed by atoms with Crippen molar-refractivity contribution in [3.8, 4) is 0 Å². The number of aromatic nitrogens is 1. The van der Waals surface area contributed by atoms with Crippen molar-refractivity contribution in [1.82, 2.24) is 3.97 Å². The highest BCUT2D eigenvalue weighted by Gasteiger charge is 2.30. The highest BCUT2D eigenvalue weighted by atomic mass is 32.2. The average Bonchev–Trinajstić information content (AvgIpc) is 2.77. The maximum atomic E-state index is 12.0. The molecule has 0 saturated carbocycles. The van der Waals surface area contributed by atoms with E-state index >= 15 is 0 Å². The smallest absolute Gasteiger partial charge is 0.235 e. The summed E-state index contributed by atoms with van der Waals surface area (Å²) in [5.74, 6) is 0.168. The molecule has 110 valence electrons. The Morgan fingerprint density at radius 1 is 1.19 bits per heavy atom. The number of nitrogens with one attached hydrogen (secondary N) is 1. The lowest BCUT2D eigenvalue weighted by Crippen LogP contribution is -2.23. The van der Waals surface area contributed by atoms with Gasteiger partial charge in [-0.3, -0.25) is 0 Å². The molecule has 0 bridgehead atoms. The van der Waals surface area contributed by atoms with Crippen LogP contribution in [0.2, 0.25) is 0 Å². The van der Waals surface area contributed by atoms with Gasteiger partial charge in [-0.2, -0.15) is 0 Å². The van der Waals surface area contributed by atoms with E-state index in [9.17, 15) is 8.42 Å². The van der Waals surface area contributed by atoms with Crippen LogP contribution >= 0.6 is 0 Å². The second-order valence-corrected chi connectivity index (χ2v) is 7.55. The summed E-state index contributed by atoms with van der Waals surface area (Å²) in [6.45, 7) is 1.87. The molecule has 0 amide bonds. The first kappa shape index (κ1) is 14.1. The molecule has 1 heterocycles. The van der Waals surface area contributed by atoms with E-state index < -0.39 is 10.0 Å². The number of aryl methyl sites for hydroxylation is 1. The van der Waals surface area contributed by atoms with Crippen molar-refractivity contribution in [3.63, 3.8) is 0 Å². The van der Waals surface area contributed by atoms with Gasteiger partial charge >= 0.3 is 0 Å². The lowest BCUT2D eigenvalue weighted by atomic mass is 9.81. The molecule has 1 aliphatic rings. The Labute approximate surface area is 125 Å². The Kier molecular flexibility index (Phi) is 3.24. The Bertz CT molecular complexity index is 804. The topological polar surface area (TPSA) is 62.9 Å². The Morgan fingerprint density at radius 2 is 1.86 bits per heavy atom. The SMILES string of the molecule is Cc1cn(S(C)(=O)=O)c2c1C(=N)CC(c1ccccc1)C2. The summed E-state index contributed by atoms with van der Waals surface area (Å²) >= 11 is 0. The van der Waals surface area contributed by atoms with Gasteiger partial charge in [0, 0.05) is 23.2 Å². The molecule has 5 heteroatoms. The molecule has 0 fully saturated rings. The van der Waals surface area contributed by atoms with Crippen LogP contribution in [0.1, 0.15) is 34.7 Å². The zero-order valence-electron chi connectivity index (χ0n) is 12.1. The van der Waals surface area contributed by atoms with Crippen LogP contribution in [0, 0.1) is 12.3 Å². The fourth-order valence-electron chi connectivity index (χ4n) is 3.17. The van der Waals surface area contributed by atoms with E-state index in [0.717, 1.165) is 22.4 Å². The number of rotatable bonds is 2. The van der Waals surface area contributed by atoms with Crippen molar-refractivity contribution in [3.05, 3.63) is 58.9 Å². The lowest BCUT2D eigenvalue weighted by Gasteiger charge is -2.25. The number of nitrogens with zero attached hydrogens (tertiary/aromatic N) is 1. The molecule has 0 radical (unpaired) electrons. The number of fused-ring (bicyclic) bond motifs is 1. The largest absolute Gasteiger partial charge is 0.305 e. The van der Waals surface area contributed by atoms with Gasteiger partial charge in [-0.05, 0) is 36.8 Å². The van der Waals surface area contributed by atoms with Crippen LogP contribution in [0.15, 0.2) is 36.5 Å². The third-order valence-electron chi connectivity index (χ3n) is 4.08. The second kappa shape index (κ2) is 4.84. The van der Waals surface area contributed by atoms with Gasteiger partial charge in [0.1, 0.15) is 0 Å². The quantitative estimate of drug-likeness (QED) is 0.927. The predicted molar refractivity (Wildman–Crippen MR) is 83.7 cm³/mol. The van der Waals surface area contributed by atoms with Crippen LogP contribution in [-0.2, 0) is 16.4 Å². The van der Waals surface area contributed by atoms with E-state index in [0.29, 0.717) is 18.6 Å². The molecule has 21 heavy (non-hydrogen) atoms. The van der Waals surface area contributed by atoms with Gasteiger partial charge in [0.25, 0.3) is 0 Å². The molecule has 1 aromatic carbocycles. The molecule has 0 spiro atoms. The van der Waals surface area contributed by atoms with Crippen LogP contribution in [0.4, 0.5) is 0 Å². The standard InChI is InChI=1S/C16H18N2O2S/c1-11-10-18(21(2,19)20)15-9-13(8-14(17)16(11)15)12-6-4-3-5-7-12/h3-7,10,13,17H,8-9H2,1-2H3. The molecular weight excluding hydrogens is 284 g/mol.